The van der Waals surface area contributed by atoms with E-state index in [-0.39, 0.29) is 21.9 Å². The zero-order valence-electron chi connectivity index (χ0n) is 11.5. The molecule has 1 aromatic carbocycles. The average Bonchev–Trinajstić information content (AvgIpc) is 2.47. The Bertz CT molecular complexity index is 613. The van der Waals surface area contributed by atoms with Gasteiger partial charge in [0.15, 0.2) is 0 Å². The first-order chi connectivity index (χ1) is 9.90. The number of sulfonamides is 1. The highest BCUT2D eigenvalue weighted by Crippen LogP contribution is 2.32. The van der Waals surface area contributed by atoms with Crippen molar-refractivity contribution in [3.63, 3.8) is 0 Å². The second-order valence-electron chi connectivity index (χ2n) is 4.85. The average molecular weight is 373 g/mol. The quantitative estimate of drug-likeness (QED) is 0.760. The van der Waals surface area contributed by atoms with E-state index in [0.717, 1.165) is 0 Å². The Hall–Kier alpha value is -0.0400. The Kier molecular flexibility index (Phi) is 5.79. The molecule has 1 aliphatic rings. The molecule has 21 heavy (non-hydrogen) atoms. The second kappa shape index (κ2) is 7.02. The lowest BCUT2D eigenvalue weighted by Crippen LogP contribution is -2.40. The molecule has 0 unspecified atom stereocenters. The zero-order chi connectivity index (χ0) is 15.6. The van der Waals surface area contributed by atoms with Crippen LogP contribution < -0.4 is 0 Å². The smallest absolute Gasteiger partial charge is 0.244 e. The van der Waals surface area contributed by atoms with Gasteiger partial charge in [-0.15, -0.1) is 11.6 Å². The monoisotopic (exact) mass is 371 g/mol. The fraction of sp³-hybridized carbons (Fsp3) is 0.538. The van der Waals surface area contributed by atoms with Crippen LogP contribution >= 0.6 is 34.8 Å². The first-order valence-corrected chi connectivity index (χ1v) is 9.20. The molecule has 1 aromatic rings. The molecule has 0 amide bonds. The van der Waals surface area contributed by atoms with Crippen LogP contribution in [0.1, 0.15) is 18.4 Å². The van der Waals surface area contributed by atoms with Crippen molar-refractivity contribution in [3.8, 4) is 0 Å². The van der Waals surface area contributed by atoms with Crippen molar-refractivity contribution in [1.82, 2.24) is 4.31 Å². The van der Waals surface area contributed by atoms with Crippen LogP contribution in [-0.4, -0.2) is 39.0 Å². The molecule has 0 atom stereocenters. The van der Waals surface area contributed by atoms with Crippen molar-refractivity contribution in [2.45, 2.75) is 29.7 Å². The summed E-state index contributed by atoms with van der Waals surface area (Å²) in [7, 11) is -2.01. The molecule has 1 fully saturated rings. The highest BCUT2D eigenvalue weighted by Gasteiger charge is 2.31. The number of hydrogen-bond donors (Lipinski definition) is 0. The number of ether oxygens (including phenoxy) is 1. The molecule has 0 N–H and O–H groups in total. The number of methoxy groups -OCH3 is 1. The summed E-state index contributed by atoms with van der Waals surface area (Å²) in [4.78, 5) is 0.0556. The molecule has 8 heteroatoms. The summed E-state index contributed by atoms with van der Waals surface area (Å²) in [6.45, 7) is 0.825. The molecule has 0 aliphatic carbocycles. The van der Waals surface area contributed by atoms with Gasteiger partial charge in [0.25, 0.3) is 0 Å². The van der Waals surface area contributed by atoms with Crippen LogP contribution in [0.3, 0.4) is 0 Å². The number of halogens is 3. The summed E-state index contributed by atoms with van der Waals surface area (Å²) >= 11 is 17.8. The SMILES string of the molecule is COC1CCN(S(=O)(=O)c2cc(CCl)c(Cl)cc2Cl)CC1. The van der Waals surface area contributed by atoms with Crippen molar-refractivity contribution in [2.24, 2.45) is 0 Å². The van der Waals surface area contributed by atoms with Gasteiger partial charge in [0.2, 0.25) is 10.0 Å². The third-order valence-corrected chi connectivity index (χ3v) is 6.60. The zero-order valence-corrected chi connectivity index (χ0v) is 14.6. The Morgan fingerprint density at radius 1 is 1.24 bits per heavy atom. The van der Waals surface area contributed by atoms with Gasteiger partial charge in [-0.25, -0.2) is 8.42 Å². The van der Waals surface area contributed by atoms with Crippen LogP contribution in [0.15, 0.2) is 17.0 Å². The molecule has 0 aromatic heterocycles. The fourth-order valence-electron chi connectivity index (χ4n) is 2.32. The lowest BCUT2D eigenvalue weighted by atomic mass is 10.1. The van der Waals surface area contributed by atoms with E-state index in [2.05, 4.69) is 0 Å². The van der Waals surface area contributed by atoms with E-state index in [1.165, 1.54) is 16.4 Å². The number of nitrogens with zero attached hydrogens (tertiary/aromatic N) is 1. The standard InChI is InChI=1S/C13H16Cl3NO3S/c1-20-10-2-4-17(5-3-10)21(18,19)13-6-9(8-14)11(15)7-12(13)16/h6-7,10H,2-5,8H2,1H3. The first-order valence-electron chi connectivity index (χ1n) is 6.47. The van der Waals surface area contributed by atoms with Crippen molar-refractivity contribution in [2.75, 3.05) is 20.2 Å². The molecule has 0 radical (unpaired) electrons. The van der Waals surface area contributed by atoms with Crippen molar-refractivity contribution < 1.29 is 13.2 Å². The van der Waals surface area contributed by atoms with E-state index >= 15 is 0 Å². The molecule has 0 saturated carbocycles. The van der Waals surface area contributed by atoms with Crippen molar-refractivity contribution >= 4 is 44.8 Å². The van der Waals surface area contributed by atoms with Gasteiger partial charge < -0.3 is 4.74 Å². The lowest BCUT2D eigenvalue weighted by Gasteiger charge is -2.30. The maximum Gasteiger partial charge on any atom is 0.244 e. The molecule has 0 spiro atoms. The number of alkyl halides is 1. The maximum atomic E-state index is 12.7. The van der Waals surface area contributed by atoms with Crippen molar-refractivity contribution in [1.29, 1.82) is 0 Å². The van der Waals surface area contributed by atoms with Gasteiger partial charge in [0, 0.05) is 31.1 Å². The summed E-state index contributed by atoms with van der Waals surface area (Å²) in [6, 6.07) is 2.88. The van der Waals surface area contributed by atoms with Gasteiger partial charge in [0.05, 0.1) is 11.1 Å². The lowest BCUT2D eigenvalue weighted by molar-refractivity contribution is 0.0604. The highest BCUT2D eigenvalue weighted by molar-refractivity contribution is 7.89. The summed E-state index contributed by atoms with van der Waals surface area (Å²) in [5.41, 5.74) is 0.549. The topological polar surface area (TPSA) is 46.6 Å². The molecule has 2 rings (SSSR count). The largest absolute Gasteiger partial charge is 0.381 e. The fourth-order valence-corrected chi connectivity index (χ4v) is 4.92. The van der Waals surface area contributed by atoms with Crippen LogP contribution in [0.4, 0.5) is 0 Å². The van der Waals surface area contributed by atoms with E-state index in [1.54, 1.807) is 7.11 Å². The van der Waals surface area contributed by atoms with Gasteiger partial charge in [-0.1, -0.05) is 23.2 Å². The van der Waals surface area contributed by atoms with E-state index in [0.29, 0.717) is 36.5 Å². The van der Waals surface area contributed by atoms with Gasteiger partial charge in [-0.05, 0) is 30.5 Å². The molecule has 118 valence electrons. The van der Waals surface area contributed by atoms with Crippen molar-refractivity contribution in [3.05, 3.63) is 27.7 Å². The van der Waals surface area contributed by atoms with Crippen LogP contribution in [0.5, 0.6) is 0 Å². The number of benzene rings is 1. The molecule has 1 heterocycles. The van der Waals surface area contributed by atoms with Gasteiger partial charge in [-0.2, -0.15) is 4.31 Å². The highest BCUT2D eigenvalue weighted by atomic mass is 35.5. The van der Waals surface area contributed by atoms with E-state index < -0.39 is 10.0 Å². The Balaban J connectivity index is 2.32. The third kappa shape index (κ3) is 3.66. The van der Waals surface area contributed by atoms with Crippen LogP contribution in [0.2, 0.25) is 10.0 Å². The van der Waals surface area contributed by atoms with Gasteiger partial charge >= 0.3 is 0 Å². The molecule has 4 nitrogen and oxygen atoms in total. The van der Waals surface area contributed by atoms with E-state index in [1.807, 2.05) is 0 Å². The van der Waals surface area contributed by atoms with E-state index in [4.69, 9.17) is 39.5 Å². The minimum Gasteiger partial charge on any atom is -0.381 e. The second-order valence-corrected chi connectivity index (χ2v) is 7.83. The summed E-state index contributed by atoms with van der Waals surface area (Å²) in [5, 5.41) is 0.481. The van der Waals surface area contributed by atoms with Gasteiger partial charge in [-0.3, -0.25) is 0 Å². The Morgan fingerprint density at radius 2 is 1.86 bits per heavy atom. The molecular weight excluding hydrogens is 357 g/mol. The Morgan fingerprint density at radius 3 is 2.38 bits per heavy atom. The van der Waals surface area contributed by atoms with Crippen LogP contribution in [0, 0.1) is 0 Å². The predicted molar refractivity (Wildman–Crippen MR) is 84.8 cm³/mol. The molecule has 0 bridgehead atoms. The summed E-state index contributed by atoms with van der Waals surface area (Å²) < 4.78 is 32.1. The number of piperidine rings is 1. The maximum absolute atomic E-state index is 12.7. The first kappa shape index (κ1) is 17.3. The molecule has 1 saturated heterocycles. The van der Waals surface area contributed by atoms with Crippen LogP contribution in [0.25, 0.3) is 0 Å². The predicted octanol–water partition coefficient (Wildman–Crippen LogP) is 3.53. The van der Waals surface area contributed by atoms with Gasteiger partial charge in [0.1, 0.15) is 4.90 Å². The molecular formula is C13H16Cl3NO3S. The minimum atomic E-state index is -3.65. The third-order valence-electron chi connectivity index (χ3n) is 3.60. The minimum absolute atomic E-state index is 0.0556. The summed E-state index contributed by atoms with van der Waals surface area (Å²) in [5.74, 6) is 0.129. The Labute approximate surface area is 140 Å². The van der Waals surface area contributed by atoms with Crippen LogP contribution in [-0.2, 0) is 20.6 Å². The summed E-state index contributed by atoms with van der Waals surface area (Å²) in [6.07, 6.45) is 1.45. The number of hydrogen-bond acceptors (Lipinski definition) is 3. The normalized spacial score (nSPS) is 18.1. The number of rotatable bonds is 4. The van der Waals surface area contributed by atoms with E-state index in [9.17, 15) is 8.42 Å². The molecule has 1 aliphatic heterocycles.